The highest BCUT2D eigenvalue weighted by atomic mass is 16.1. The van der Waals surface area contributed by atoms with Crippen LogP contribution in [0.25, 0.3) is 0 Å². The highest BCUT2D eigenvalue weighted by molar-refractivity contribution is 5.79. The molecule has 1 aliphatic rings. The Morgan fingerprint density at radius 2 is 2.33 bits per heavy atom. The number of fused-ring (bicyclic) bond motifs is 1. The van der Waals surface area contributed by atoms with Gasteiger partial charge < -0.3 is 5.32 Å². The first-order valence-corrected chi connectivity index (χ1v) is 4.78. The Labute approximate surface area is 86.8 Å². The quantitative estimate of drug-likeness (QED) is 0.765. The van der Waals surface area contributed by atoms with Gasteiger partial charge in [0.1, 0.15) is 6.34 Å². The molecule has 6 nitrogen and oxygen atoms in total. The second-order valence-electron chi connectivity index (χ2n) is 3.74. The van der Waals surface area contributed by atoms with Crippen molar-refractivity contribution in [3.05, 3.63) is 10.4 Å². The number of anilines is 1. The van der Waals surface area contributed by atoms with Gasteiger partial charge in [0.25, 0.3) is 5.56 Å². The van der Waals surface area contributed by atoms with Gasteiger partial charge in [-0.25, -0.2) is 10.3 Å². The molecule has 0 spiro atoms. The lowest BCUT2D eigenvalue weighted by Crippen LogP contribution is -2.16. The molecule has 0 bridgehead atoms. The molecule has 1 aromatic rings. The molecule has 0 atom stereocenters. The molecule has 0 saturated carbocycles. The van der Waals surface area contributed by atoms with Gasteiger partial charge in [0.2, 0.25) is 5.95 Å². The van der Waals surface area contributed by atoms with Crippen LogP contribution in [-0.2, 0) is 0 Å². The maximum atomic E-state index is 11.5. The highest BCUT2D eigenvalue weighted by Gasteiger charge is 2.14. The van der Waals surface area contributed by atoms with Crippen molar-refractivity contribution in [3.8, 4) is 0 Å². The zero-order chi connectivity index (χ0) is 10.8. The fourth-order valence-corrected chi connectivity index (χ4v) is 1.19. The van der Waals surface area contributed by atoms with Crippen molar-refractivity contribution in [2.75, 3.05) is 11.9 Å². The van der Waals surface area contributed by atoms with E-state index < -0.39 is 0 Å². The molecule has 2 N–H and O–H groups in total. The second-order valence-corrected chi connectivity index (χ2v) is 3.74. The molecule has 2 heterocycles. The standard InChI is InChI=1S/C9H12N5O/c1-5(2)3-10-9-13-7-6(8(15)14-9)11-4-12-7/h4-5H,3H2,1-2H3,(H2,10,13,14,15). The first-order chi connectivity index (χ1) is 7.16. The fourth-order valence-electron chi connectivity index (χ4n) is 1.19. The van der Waals surface area contributed by atoms with Gasteiger partial charge in [0, 0.05) is 6.54 Å². The molecule has 79 valence electrons. The molecule has 1 radical (unpaired) electrons. The number of aliphatic imine (C=N–C) groups is 1. The largest absolute Gasteiger partial charge is 0.355 e. The number of hydrogen-bond acceptors (Lipinski definition) is 4. The summed E-state index contributed by atoms with van der Waals surface area (Å²) in [5, 5.41) is 6.92. The van der Waals surface area contributed by atoms with E-state index in [0.717, 1.165) is 6.54 Å². The Morgan fingerprint density at radius 3 is 3.07 bits per heavy atom. The van der Waals surface area contributed by atoms with E-state index in [1.165, 1.54) is 6.34 Å². The van der Waals surface area contributed by atoms with Gasteiger partial charge in [0.05, 0.1) is 0 Å². The molecular formula is C9H12N5O. The van der Waals surface area contributed by atoms with Gasteiger partial charge in [-0.05, 0) is 5.92 Å². The summed E-state index contributed by atoms with van der Waals surface area (Å²) in [6.45, 7) is 4.90. The monoisotopic (exact) mass is 206 g/mol. The molecule has 0 saturated heterocycles. The van der Waals surface area contributed by atoms with E-state index in [1.807, 2.05) is 0 Å². The van der Waals surface area contributed by atoms with Crippen LogP contribution in [0, 0.1) is 5.92 Å². The Hall–Kier alpha value is -1.85. The van der Waals surface area contributed by atoms with E-state index in [4.69, 9.17) is 0 Å². The summed E-state index contributed by atoms with van der Waals surface area (Å²) in [4.78, 5) is 22.0. The van der Waals surface area contributed by atoms with Crippen molar-refractivity contribution in [2.45, 2.75) is 13.8 Å². The summed E-state index contributed by atoms with van der Waals surface area (Å²) in [5.41, 5.74) is 0.0221. The van der Waals surface area contributed by atoms with Crippen LogP contribution in [0.5, 0.6) is 0 Å². The molecule has 0 amide bonds. The van der Waals surface area contributed by atoms with E-state index in [2.05, 4.69) is 39.4 Å². The van der Waals surface area contributed by atoms with E-state index >= 15 is 0 Å². The maximum absolute atomic E-state index is 11.5. The minimum atomic E-state index is -0.260. The van der Waals surface area contributed by atoms with Crippen molar-refractivity contribution in [3.63, 3.8) is 0 Å². The van der Waals surface area contributed by atoms with Crippen LogP contribution < -0.4 is 16.2 Å². The van der Waals surface area contributed by atoms with Crippen LogP contribution >= 0.6 is 0 Å². The van der Waals surface area contributed by atoms with Gasteiger partial charge in [0.15, 0.2) is 11.5 Å². The van der Waals surface area contributed by atoms with Gasteiger partial charge in [-0.3, -0.25) is 9.78 Å². The molecule has 15 heavy (non-hydrogen) atoms. The van der Waals surface area contributed by atoms with Gasteiger partial charge in [-0.15, -0.1) is 0 Å². The minimum absolute atomic E-state index is 0.260. The summed E-state index contributed by atoms with van der Waals surface area (Å²) in [6, 6.07) is 0. The zero-order valence-corrected chi connectivity index (χ0v) is 8.61. The molecule has 0 unspecified atom stereocenters. The fraction of sp³-hybridized carbons (Fsp3) is 0.444. The second kappa shape index (κ2) is 3.72. The van der Waals surface area contributed by atoms with Crippen LogP contribution in [0.3, 0.4) is 0 Å². The molecule has 1 aromatic heterocycles. The van der Waals surface area contributed by atoms with E-state index in [1.54, 1.807) is 0 Å². The first kappa shape index (κ1) is 9.70. The van der Waals surface area contributed by atoms with Crippen molar-refractivity contribution < 1.29 is 0 Å². The normalized spacial score (nSPS) is 12.7. The number of aromatic nitrogens is 2. The average molecular weight is 206 g/mol. The summed E-state index contributed by atoms with van der Waals surface area (Å²) in [5.74, 6) is 1.31. The molecule has 2 rings (SSSR count). The van der Waals surface area contributed by atoms with E-state index in [9.17, 15) is 4.79 Å². The third-order valence-corrected chi connectivity index (χ3v) is 1.92. The maximum Gasteiger partial charge on any atom is 0.280 e. The highest BCUT2D eigenvalue weighted by Crippen LogP contribution is 2.21. The number of rotatable bonds is 3. The van der Waals surface area contributed by atoms with Crippen LogP contribution in [0.1, 0.15) is 13.8 Å². The summed E-state index contributed by atoms with van der Waals surface area (Å²) in [6.07, 6.45) is 1.33. The van der Waals surface area contributed by atoms with Crippen LogP contribution in [0.2, 0.25) is 0 Å². The Kier molecular flexibility index (Phi) is 2.40. The van der Waals surface area contributed by atoms with Gasteiger partial charge in [-0.1, -0.05) is 13.8 Å². The summed E-state index contributed by atoms with van der Waals surface area (Å²) >= 11 is 0. The molecule has 6 heteroatoms. The number of nitrogens with one attached hydrogen (secondary N) is 2. The minimum Gasteiger partial charge on any atom is -0.355 e. The van der Waals surface area contributed by atoms with Crippen molar-refractivity contribution in [2.24, 2.45) is 10.9 Å². The lowest BCUT2D eigenvalue weighted by molar-refractivity contribution is 0.684. The number of nitrogens with zero attached hydrogens (tertiary/aromatic N) is 3. The topological polar surface area (TPSA) is 84.2 Å². The third kappa shape index (κ3) is 1.98. The lowest BCUT2D eigenvalue weighted by Gasteiger charge is -2.07. The first-order valence-electron chi connectivity index (χ1n) is 4.78. The lowest BCUT2D eigenvalue weighted by atomic mass is 10.2. The predicted molar refractivity (Wildman–Crippen MR) is 58.1 cm³/mol. The molecule has 0 aliphatic carbocycles. The summed E-state index contributed by atoms with van der Waals surface area (Å²) < 4.78 is 0. The van der Waals surface area contributed by atoms with Crippen molar-refractivity contribution in [1.82, 2.24) is 15.3 Å². The third-order valence-electron chi connectivity index (χ3n) is 1.92. The van der Waals surface area contributed by atoms with Crippen LogP contribution in [0.4, 0.5) is 17.5 Å². The number of H-pyrrole nitrogens is 1. The SMILES string of the molecule is CC(C)CNc1nc2c(c(=O)[nH]1)N=C[N]2. The Balaban J connectivity index is 2.22. The number of aromatic amines is 1. The van der Waals surface area contributed by atoms with Crippen LogP contribution in [-0.4, -0.2) is 22.9 Å². The predicted octanol–water partition coefficient (Wildman–Crippen LogP) is 0.747. The number of hydrogen-bond donors (Lipinski definition) is 2. The van der Waals surface area contributed by atoms with Crippen molar-refractivity contribution in [1.29, 1.82) is 0 Å². The zero-order valence-electron chi connectivity index (χ0n) is 8.61. The van der Waals surface area contributed by atoms with Crippen LogP contribution in [0.15, 0.2) is 9.79 Å². The average Bonchev–Trinajstić information content (AvgIpc) is 2.63. The Bertz CT molecular complexity index is 448. The summed E-state index contributed by atoms with van der Waals surface area (Å²) in [7, 11) is 0. The van der Waals surface area contributed by atoms with Crippen molar-refractivity contribution >= 4 is 23.8 Å². The molecule has 1 aliphatic heterocycles. The van der Waals surface area contributed by atoms with Gasteiger partial charge in [-0.2, -0.15) is 4.98 Å². The molecular weight excluding hydrogens is 194 g/mol. The molecule has 0 aromatic carbocycles. The Morgan fingerprint density at radius 1 is 1.53 bits per heavy atom. The molecule has 0 fully saturated rings. The van der Waals surface area contributed by atoms with E-state index in [-0.39, 0.29) is 11.2 Å². The van der Waals surface area contributed by atoms with Gasteiger partial charge >= 0.3 is 0 Å². The van der Waals surface area contributed by atoms with E-state index in [0.29, 0.717) is 17.7 Å². The smallest absolute Gasteiger partial charge is 0.280 e.